The van der Waals surface area contributed by atoms with E-state index in [1.807, 2.05) is 54.6 Å². The van der Waals surface area contributed by atoms with E-state index in [1.165, 1.54) is 0 Å². The van der Waals surface area contributed by atoms with E-state index in [9.17, 15) is 9.59 Å². The maximum absolute atomic E-state index is 12.9. The predicted molar refractivity (Wildman–Crippen MR) is 95.1 cm³/mol. The van der Waals surface area contributed by atoms with Crippen molar-refractivity contribution in [2.45, 2.75) is 0 Å². The number of fused-ring (bicyclic) bond motifs is 2. The van der Waals surface area contributed by atoms with Crippen LogP contribution < -0.4 is 0 Å². The molecular formula is C22H14O2. The second-order valence-electron chi connectivity index (χ2n) is 5.72. The van der Waals surface area contributed by atoms with E-state index in [2.05, 4.69) is 0 Å². The molecule has 0 saturated carbocycles. The van der Waals surface area contributed by atoms with Gasteiger partial charge in [0.2, 0.25) is 0 Å². The van der Waals surface area contributed by atoms with Crippen LogP contribution in [0.25, 0.3) is 12.2 Å². The summed E-state index contributed by atoms with van der Waals surface area (Å²) >= 11 is 0. The maximum Gasteiger partial charge on any atom is 0.195 e. The van der Waals surface area contributed by atoms with E-state index in [0.29, 0.717) is 22.3 Å². The van der Waals surface area contributed by atoms with E-state index < -0.39 is 0 Å². The van der Waals surface area contributed by atoms with Crippen LogP contribution in [-0.2, 0) is 0 Å². The number of hydrogen-bond donors (Lipinski definition) is 0. The fourth-order valence-corrected chi connectivity index (χ4v) is 3.06. The fourth-order valence-electron chi connectivity index (χ4n) is 3.06. The minimum atomic E-state index is -0.0893. The summed E-state index contributed by atoms with van der Waals surface area (Å²) in [6, 6.07) is 22.3. The molecule has 2 heteroatoms. The molecule has 24 heavy (non-hydrogen) atoms. The molecule has 0 spiro atoms. The van der Waals surface area contributed by atoms with Gasteiger partial charge in [0.25, 0.3) is 0 Å². The van der Waals surface area contributed by atoms with Crippen LogP contribution in [0.15, 0.2) is 72.8 Å². The minimum Gasteiger partial charge on any atom is -0.289 e. The molecule has 0 amide bonds. The van der Waals surface area contributed by atoms with Crippen LogP contribution in [0, 0.1) is 0 Å². The number of rotatable bonds is 2. The lowest BCUT2D eigenvalue weighted by molar-refractivity contribution is 0.0979. The molecule has 1 aliphatic carbocycles. The third-order valence-electron chi connectivity index (χ3n) is 4.24. The monoisotopic (exact) mass is 310 g/mol. The van der Waals surface area contributed by atoms with Gasteiger partial charge in [-0.05, 0) is 11.1 Å². The Hall–Kier alpha value is -3.26. The first-order valence-corrected chi connectivity index (χ1v) is 7.80. The summed E-state index contributed by atoms with van der Waals surface area (Å²) in [5, 5.41) is 0. The van der Waals surface area contributed by atoms with Crippen LogP contribution in [0.3, 0.4) is 0 Å². The van der Waals surface area contributed by atoms with Crippen molar-refractivity contribution in [3.8, 4) is 0 Å². The maximum atomic E-state index is 12.9. The van der Waals surface area contributed by atoms with E-state index in [4.69, 9.17) is 0 Å². The van der Waals surface area contributed by atoms with E-state index in [0.717, 1.165) is 11.1 Å². The van der Waals surface area contributed by atoms with Gasteiger partial charge in [-0.1, -0.05) is 84.9 Å². The van der Waals surface area contributed by atoms with Crippen molar-refractivity contribution in [3.05, 3.63) is 106 Å². The van der Waals surface area contributed by atoms with Crippen LogP contribution in [-0.4, -0.2) is 11.6 Å². The van der Waals surface area contributed by atoms with Crippen LogP contribution in [0.4, 0.5) is 0 Å². The zero-order valence-electron chi connectivity index (χ0n) is 12.9. The summed E-state index contributed by atoms with van der Waals surface area (Å²) in [5.74, 6) is -0.177. The van der Waals surface area contributed by atoms with Gasteiger partial charge in [0.1, 0.15) is 0 Å². The van der Waals surface area contributed by atoms with Crippen molar-refractivity contribution in [3.63, 3.8) is 0 Å². The van der Waals surface area contributed by atoms with Crippen LogP contribution in [0.1, 0.15) is 43.0 Å². The molecule has 3 aromatic carbocycles. The molecule has 1 aliphatic rings. The smallest absolute Gasteiger partial charge is 0.195 e. The third-order valence-corrected chi connectivity index (χ3v) is 4.24. The van der Waals surface area contributed by atoms with Crippen molar-refractivity contribution in [2.24, 2.45) is 0 Å². The molecule has 0 saturated heterocycles. The van der Waals surface area contributed by atoms with E-state index in [-0.39, 0.29) is 11.6 Å². The lowest BCUT2D eigenvalue weighted by Gasteiger charge is -2.18. The quantitative estimate of drug-likeness (QED) is 0.506. The first kappa shape index (κ1) is 14.3. The Bertz CT molecular complexity index is 982. The predicted octanol–water partition coefficient (Wildman–Crippen LogP) is 4.63. The highest BCUT2D eigenvalue weighted by Crippen LogP contribution is 2.30. The van der Waals surface area contributed by atoms with Gasteiger partial charge in [0, 0.05) is 22.3 Å². The Kier molecular flexibility index (Phi) is 3.43. The molecule has 0 bridgehead atoms. The standard InChI is InChI=1S/C22H14O2/c23-21-17-10-4-5-11-18(17)22(24)20-16(9-6-12-19(20)21)14-13-15-7-2-1-3-8-15/h1-14H/b14-13+. The summed E-state index contributed by atoms with van der Waals surface area (Å²) in [6.07, 6.45) is 3.85. The van der Waals surface area contributed by atoms with Crippen molar-refractivity contribution >= 4 is 23.7 Å². The topological polar surface area (TPSA) is 34.1 Å². The van der Waals surface area contributed by atoms with E-state index >= 15 is 0 Å². The minimum absolute atomic E-state index is 0.0878. The molecule has 114 valence electrons. The van der Waals surface area contributed by atoms with Crippen molar-refractivity contribution in [1.29, 1.82) is 0 Å². The Balaban J connectivity index is 1.84. The fraction of sp³-hybridized carbons (Fsp3) is 0. The molecular weight excluding hydrogens is 296 g/mol. The van der Waals surface area contributed by atoms with Gasteiger partial charge in [0.05, 0.1) is 0 Å². The number of benzene rings is 3. The zero-order chi connectivity index (χ0) is 16.5. The average Bonchev–Trinajstić information content (AvgIpc) is 2.65. The lowest BCUT2D eigenvalue weighted by Crippen LogP contribution is -2.21. The molecule has 0 N–H and O–H groups in total. The molecule has 0 atom stereocenters. The molecule has 2 nitrogen and oxygen atoms in total. The normalized spacial score (nSPS) is 13.0. The van der Waals surface area contributed by atoms with Gasteiger partial charge < -0.3 is 0 Å². The molecule has 0 heterocycles. The van der Waals surface area contributed by atoms with Crippen LogP contribution in [0.2, 0.25) is 0 Å². The van der Waals surface area contributed by atoms with Gasteiger partial charge in [-0.15, -0.1) is 0 Å². The van der Waals surface area contributed by atoms with Gasteiger partial charge in [0.15, 0.2) is 11.6 Å². The highest BCUT2D eigenvalue weighted by molar-refractivity contribution is 6.29. The third kappa shape index (κ3) is 2.29. The highest BCUT2D eigenvalue weighted by Gasteiger charge is 2.30. The highest BCUT2D eigenvalue weighted by atomic mass is 16.1. The Morgan fingerprint density at radius 1 is 0.542 bits per heavy atom. The Morgan fingerprint density at radius 3 is 1.92 bits per heavy atom. The first-order chi connectivity index (χ1) is 11.8. The number of carbonyl (C=O) groups is 2. The van der Waals surface area contributed by atoms with Gasteiger partial charge >= 0.3 is 0 Å². The molecule has 3 aromatic rings. The summed E-state index contributed by atoms with van der Waals surface area (Å²) < 4.78 is 0. The SMILES string of the molecule is O=C1c2ccccc2C(=O)c2c(/C=C/c3ccccc3)cccc21. The largest absolute Gasteiger partial charge is 0.289 e. The molecule has 0 aliphatic heterocycles. The van der Waals surface area contributed by atoms with Crippen molar-refractivity contribution in [2.75, 3.05) is 0 Å². The summed E-state index contributed by atoms with van der Waals surface area (Å²) in [5.41, 5.74) is 3.76. The first-order valence-electron chi connectivity index (χ1n) is 7.80. The van der Waals surface area contributed by atoms with Gasteiger partial charge in [-0.2, -0.15) is 0 Å². The summed E-state index contributed by atoms with van der Waals surface area (Å²) in [7, 11) is 0. The van der Waals surface area contributed by atoms with Crippen LogP contribution >= 0.6 is 0 Å². The molecule has 0 fully saturated rings. The lowest BCUT2D eigenvalue weighted by atomic mass is 9.82. The zero-order valence-corrected chi connectivity index (χ0v) is 12.9. The Labute approximate surface area is 140 Å². The van der Waals surface area contributed by atoms with E-state index in [1.54, 1.807) is 30.3 Å². The molecule has 0 aromatic heterocycles. The van der Waals surface area contributed by atoms with Gasteiger partial charge in [-0.25, -0.2) is 0 Å². The molecule has 0 radical (unpaired) electrons. The van der Waals surface area contributed by atoms with Crippen molar-refractivity contribution < 1.29 is 9.59 Å². The van der Waals surface area contributed by atoms with Gasteiger partial charge in [-0.3, -0.25) is 9.59 Å². The Morgan fingerprint density at radius 2 is 1.17 bits per heavy atom. The second kappa shape index (κ2) is 5.74. The molecule has 0 unspecified atom stereocenters. The summed E-state index contributed by atoms with van der Waals surface area (Å²) in [4.78, 5) is 25.6. The van der Waals surface area contributed by atoms with Crippen molar-refractivity contribution in [1.82, 2.24) is 0 Å². The average molecular weight is 310 g/mol. The number of carbonyl (C=O) groups excluding carboxylic acids is 2. The summed E-state index contributed by atoms with van der Waals surface area (Å²) in [6.45, 7) is 0. The van der Waals surface area contributed by atoms with Crippen LogP contribution in [0.5, 0.6) is 0 Å². The number of hydrogen-bond acceptors (Lipinski definition) is 2. The second-order valence-corrected chi connectivity index (χ2v) is 5.72. The molecule has 4 rings (SSSR count). The number of ketones is 2.